The van der Waals surface area contributed by atoms with Gasteiger partial charge in [0, 0.05) is 10.6 Å². The minimum absolute atomic E-state index is 0.0999. The largest absolute Gasteiger partial charge is 0.360 e. The number of aliphatic imine (C=N–C) groups is 1. The van der Waals surface area contributed by atoms with E-state index in [9.17, 15) is 9.59 Å². The first kappa shape index (κ1) is 21.7. The molecule has 0 aliphatic carbocycles. The number of anilines is 2. The summed E-state index contributed by atoms with van der Waals surface area (Å²) in [5.74, 6) is 0.572. The highest BCUT2D eigenvalue weighted by Crippen LogP contribution is 2.33. The predicted octanol–water partition coefficient (Wildman–Crippen LogP) is 3.79. The molecule has 9 nitrogen and oxygen atoms in total. The van der Waals surface area contributed by atoms with E-state index in [0.29, 0.717) is 39.3 Å². The quantitative estimate of drug-likeness (QED) is 0.465. The monoisotopic (exact) mass is 473 g/mol. The number of halogens is 1. The molecular formula is C24H20ClN7O2. The maximum absolute atomic E-state index is 13.5. The van der Waals surface area contributed by atoms with Gasteiger partial charge in [-0.15, -0.1) is 0 Å². The second kappa shape index (κ2) is 8.68. The molecule has 0 bridgehead atoms. The Bertz CT molecular complexity index is 1510. The van der Waals surface area contributed by atoms with Gasteiger partial charge in [-0.1, -0.05) is 29.8 Å². The summed E-state index contributed by atoms with van der Waals surface area (Å²) >= 11 is 6.42. The number of fused-ring (bicyclic) bond motifs is 2. The number of nitrogens with zero attached hydrogens (tertiary/aromatic N) is 5. The summed E-state index contributed by atoms with van der Waals surface area (Å²) in [5.41, 5.74) is 2.87. The Morgan fingerprint density at radius 1 is 1.12 bits per heavy atom. The molecule has 5 rings (SSSR count). The molecule has 1 aliphatic rings. The van der Waals surface area contributed by atoms with Crippen LogP contribution in [0.5, 0.6) is 0 Å². The lowest BCUT2D eigenvalue weighted by atomic mass is 10.1. The number of hydrogen-bond acceptors (Lipinski definition) is 7. The summed E-state index contributed by atoms with van der Waals surface area (Å²) in [4.78, 5) is 47.4. The second-order valence-corrected chi connectivity index (χ2v) is 8.38. The Hall–Kier alpha value is -4.11. The Kier molecular flexibility index (Phi) is 5.54. The topological polar surface area (TPSA) is 116 Å². The number of hydrogen-bond donors (Lipinski definition) is 2. The van der Waals surface area contributed by atoms with E-state index >= 15 is 0 Å². The number of aromatic amines is 1. The van der Waals surface area contributed by atoms with Gasteiger partial charge in [0.05, 0.1) is 30.2 Å². The molecule has 34 heavy (non-hydrogen) atoms. The van der Waals surface area contributed by atoms with Crippen molar-refractivity contribution in [2.24, 2.45) is 4.99 Å². The molecule has 170 valence electrons. The summed E-state index contributed by atoms with van der Waals surface area (Å²) in [6.45, 7) is 3.81. The van der Waals surface area contributed by atoms with E-state index in [2.05, 4.69) is 25.3 Å². The molecular weight excluding hydrogens is 454 g/mol. The number of nitrogens with one attached hydrogen (secondary N) is 2. The van der Waals surface area contributed by atoms with Crippen LogP contribution in [-0.4, -0.2) is 37.7 Å². The zero-order valence-corrected chi connectivity index (χ0v) is 19.2. The number of carbonyl (C=O) groups excluding carboxylic acids is 1. The van der Waals surface area contributed by atoms with Crippen molar-refractivity contribution in [3.8, 4) is 0 Å². The van der Waals surface area contributed by atoms with E-state index in [4.69, 9.17) is 16.6 Å². The van der Waals surface area contributed by atoms with E-state index in [1.54, 1.807) is 17.0 Å². The van der Waals surface area contributed by atoms with Crippen LogP contribution < -0.4 is 15.8 Å². The number of amidine groups is 1. The molecule has 10 heteroatoms. The lowest BCUT2D eigenvalue weighted by Crippen LogP contribution is -2.45. The van der Waals surface area contributed by atoms with Crippen LogP contribution in [0.3, 0.4) is 0 Å². The van der Waals surface area contributed by atoms with Crippen molar-refractivity contribution in [3.05, 3.63) is 81.6 Å². The molecule has 1 amide bonds. The number of H-pyrrole nitrogens is 1. The zero-order valence-electron chi connectivity index (χ0n) is 18.4. The van der Waals surface area contributed by atoms with Gasteiger partial charge in [0.2, 0.25) is 5.91 Å². The maximum atomic E-state index is 13.5. The number of amides is 1. The second-order valence-electron chi connectivity index (χ2n) is 7.97. The Labute approximate surface area is 199 Å². The minimum atomic E-state index is -0.521. The van der Waals surface area contributed by atoms with Crippen molar-refractivity contribution in [2.45, 2.75) is 26.3 Å². The Morgan fingerprint density at radius 3 is 2.76 bits per heavy atom. The molecule has 2 N–H and O–H groups in total. The fraction of sp³-hybridized carbons (Fsp3) is 0.167. The van der Waals surface area contributed by atoms with Crippen molar-refractivity contribution < 1.29 is 4.79 Å². The summed E-state index contributed by atoms with van der Waals surface area (Å²) in [6.07, 6.45) is 2.74. The van der Waals surface area contributed by atoms with Crippen molar-refractivity contribution in [3.63, 3.8) is 0 Å². The van der Waals surface area contributed by atoms with Crippen LogP contribution in [0.1, 0.15) is 18.1 Å². The minimum Gasteiger partial charge on any atom is -0.360 e. The van der Waals surface area contributed by atoms with E-state index in [1.165, 1.54) is 12.7 Å². The van der Waals surface area contributed by atoms with Gasteiger partial charge in [0.15, 0.2) is 0 Å². The molecule has 4 aromatic rings. The van der Waals surface area contributed by atoms with Crippen LogP contribution >= 0.6 is 11.6 Å². The average Bonchev–Trinajstić information content (AvgIpc) is 2.96. The van der Waals surface area contributed by atoms with Crippen LogP contribution in [0.25, 0.3) is 11.0 Å². The fourth-order valence-electron chi connectivity index (χ4n) is 3.99. The molecule has 3 heterocycles. The normalized spacial score (nSPS) is 14.4. The van der Waals surface area contributed by atoms with E-state index in [1.807, 2.05) is 44.2 Å². The maximum Gasteiger partial charge on any atom is 0.285 e. The zero-order chi connectivity index (χ0) is 23.8. The Morgan fingerprint density at radius 2 is 1.94 bits per heavy atom. The Balaban J connectivity index is 1.65. The van der Waals surface area contributed by atoms with Crippen LogP contribution in [0.2, 0.25) is 5.02 Å². The van der Waals surface area contributed by atoms with Gasteiger partial charge in [-0.25, -0.2) is 15.0 Å². The molecule has 0 fully saturated rings. The molecule has 0 saturated heterocycles. The van der Waals surface area contributed by atoms with Gasteiger partial charge in [0.25, 0.3) is 5.56 Å². The third-order valence-corrected chi connectivity index (χ3v) is 5.93. The number of aryl methyl sites for hydroxylation is 1. The van der Waals surface area contributed by atoms with Crippen molar-refractivity contribution in [1.29, 1.82) is 0 Å². The van der Waals surface area contributed by atoms with Gasteiger partial charge < -0.3 is 10.3 Å². The van der Waals surface area contributed by atoms with Crippen molar-refractivity contribution >= 4 is 51.6 Å². The standard InChI is InChI=1S/C24H20ClN7O2/c1-13-5-3-6-15(9-13)32-19(33)10-16-17(25)7-4-8-18(16)31-23(32)14(2)30-22-20-21(26-11-28-22)27-12-29-24(20)34/h3-9,11-12,14H,10H2,1-2H3,(H2,26,27,28,29,30,34)/t14-/m0/s1. The molecule has 0 saturated carbocycles. The number of aromatic nitrogens is 4. The van der Waals surface area contributed by atoms with Crippen molar-refractivity contribution in [1.82, 2.24) is 19.9 Å². The summed E-state index contributed by atoms with van der Waals surface area (Å²) in [6, 6.07) is 12.5. The third-order valence-electron chi connectivity index (χ3n) is 5.58. The SMILES string of the molecule is Cc1cccc(N2C(=O)Cc3c(Cl)cccc3N=C2[C@H](C)Nc2ncnc3[nH]cnc(=O)c23)c1. The lowest BCUT2D eigenvalue weighted by Gasteiger charge is -2.28. The van der Waals surface area contributed by atoms with Crippen LogP contribution in [0, 0.1) is 6.92 Å². The number of carbonyl (C=O) groups is 1. The van der Waals surface area contributed by atoms with Crippen LogP contribution in [0.15, 0.2) is 64.9 Å². The van der Waals surface area contributed by atoms with Gasteiger partial charge in [-0.3, -0.25) is 14.5 Å². The summed E-state index contributed by atoms with van der Waals surface area (Å²) in [7, 11) is 0. The van der Waals surface area contributed by atoms with E-state index in [0.717, 1.165) is 5.56 Å². The molecule has 0 unspecified atom stereocenters. The van der Waals surface area contributed by atoms with Gasteiger partial charge in [-0.2, -0.15) is 4.98 Å². The third kappa shape index (κ3) is 3.90. The average molecular weight is 474 g/mol. The molecule has 0 radical (unpaired) electrons. The van der Waals surface area contributed by atoms with Gasteiger partial charge >= 0.3 is 0 Å². The predicted molar refractivity (Wildman–Crippen MR) is 132 cm³/mol. The first-order valence-electron chi connectivity index (χ1n) is 10.6. The fourth-order valence-corrected chi connectivity index (χ4v) is 4.22. The molecule has 0 spiro atoms. The molecule has 2 aromatic carbocycles. The smallest absolute Gasteiger partial charge is 0.285 e. The summed E-state index contributed by atoms with van der Waals surface area (Å²) < 4.78 is 0. The van der Waals surface area contributed by atoms with Gasteiger partial charge in [-0.05, 0) is 43.7 Å². The number of benzene rings is 2. The highest BCUT2D eigenvalue weighted by atomic mass is 35.5. The lowest BCUT2D eigenvalue weighted by molar-refractivity contribution is -0.117. The van der Waals surface area contributed by atoms with Gasteiger partial charge in [0.1, 0.15) is 29.0 Å². The van der Waals surface area contributed by atoms with E-state index in [-0.39, 0.29) is 17.7 Å². The number of rotatable bonds is 4. The highest BCUT2D eigenvalue weighted by Gasteiger charge is 2.31. The van der Waals surface area contributed by atoms with E-state index < -0.39 is 11.6 Å². The molecule has 1 aliphatic heterocycles. The van der Waals surface area contributed by atoms with Crippen LogP contribution in [-0.2, 0) is 11.2 Å². The first-order valence-corrected chi connectivity index (χ1v) is 11.0. The first-order chi connectivity index (χ1) is 16.4. The van der Waals surface area contributed by atoms with Crippen molar-refractivity contribution in [2.75, 3.05) is 10.2 Å². The van der Waals surface area contributed by atoms with Crippen LogP contribution in [0.4, 0.5) is 17.2 Å². The summed E-state index contributed by atoms with van der Waals surface area (Å²) in [5, 5.41) is 3.95. The molecule has 1 atom stereocenters. The molecule has 2 aromatic heterocycles. The highest BCUT2D eigenvalue weighted by molar-refractivity contribution is 6.32.